The number of aryl methyl sites for hydroxylation is 2. The van der Waals surface area contributed by atoms with Crippen molar-refractivity contribution in [3.8, 4) is 5.75 Å². The van der Waals surface area contributed by atoms with E-state index in [1.54, 1.807) is 12.1 Å². The fourth-order valence-corrected chi connectivity index (χ4v) is 3.05. The highest BCUT2D eigenvalue weighted by molar-refractivity contribution is 6.30. The molecule has 0 unspecified atom stereocenters. The summed E-state index contributed by atoms with van der Waals surface area (Å²) in [5.41, 5.74) is 4.75. The number of rotatable bonds is 4. The van der Waals surface area contributed by atoms with Crippen LogP contribution in [0, 0.1) is 13.8 Å². The maximum atomic E-state index is 12.3. The number of nitrogens with zero attached hydrogens (tertiary/aromatic N) is 2. The number of carbonyl (C=O) groups is 1. The molecule has 1 aromatic carbocycles. The standard InChI is InChI=1S/C18H20ClN3O2/c1-11-16(12(2)22(3)21-11)6-7-20-18(23)14-8-13-9-15(19)4-5-17(13)24-10-14/h4-5,8-9H,6-7,10H2,1-3H3,(H,20,23). The fourth-order valence-electron chi connectivity index (χ4n) is 2.87. The van der Waals surface area contributed by atoms with Crippen LogP contribution in [0.2, 0.25) is 5.02 Å². The molecule has 0 saturated carbocycles. The quantitative estimate of drug-likeness (QED) is 0.927. The van der Waals surface area contributed by atoms with Crippen molar-refractivity contribution in [3.63, 3.8) is 0 Å². The van der Waals surface area contributed by atoms with Gasteiger partial charge in [0.1, 0.15) is 12.4 Å². The molecular weight excluding hydrogens is 326 g/mol. The van der Waals surface area contributed by atoms with Crippen LogP contribution < -0.4 is 10.1 Å². The largest absolute Gasteiger partial charge is 0.488 e. The van der Waals surface area contributed by atoms with Gasteiger partial charge in [-0.1, -0.05) is 11.6 Å². The lowest BCUT2D eigenvalue weighted by Crippen LogP contribution is -2.30. The first-order valence-corrected chi connectivity index (χ1v) is 8.23. The number of halogens is 1. The van der Waals surface area contributed by atoms with E-state index in [9.17, 15) is 4.79 Å². The van der Waals surface area contributed by atoms with E-state index in [-0.39, 0.29) is 12.5 Å². The molecule has 0 saturated heterocycles. The van der Waals surface area contributed by atoms with Crippen LogP contribution in [0.25, 0.3) is 6.08 Å². The summed E-state index contributed by atoms with van der Waals surface area (Å²) in [6.45, 7) is 4.86. The van der Waals surface area contributed by atoms with Gasteiger partial charge in [-0.25, -0.2) is 0 Å². The molecule has 3 rings (SSSR count). The summed E-state index contributed by atoms with van der Waals surface area (Å²) in [7, 11) is 1.93. The summed E-state index contributed by atoms with van der Waals surface area (Å²) < 4.78 is 7.48. The lowest BCUT2D eigenvalue weighted by Gasteiger charge is -2.17. The molecule has 1 aliphatic rings. The third-order valence-corrected chi connectivity index (χ3v) is 4.53. The van der Waals surface area contributed by atoms with Crippen LogP contribution >= 0.6 is 11.6 Å². The highest BCUT2D eigenvalue weighted by Gasteiger charge is 2.17. The fraction of sp³-hybridized carbons (Fsp3) is 0.333. The number of hydrogen-bond donors (Lipinski definition) is 1. The van der Waals surface area contributed by atoms with Crippen molar-refractivity contribution in [1.82, 2.24) is 15.1 Å². The summed E-state index contributed by atoms with van der Waals surface area (Å²) in [6, 6.07) is 5.39. The Bertz CT molecular complexity index is 824. The number of carbonyl (C=O) groups excluding carboxylic acids is 1. The van der Waals surface area contributed by atoms with Crippen LogP contribution in [0.4, 0.5) is 0 Å². The van der Waals surface area contributed by atoms with Crippen LogP contribution in [0.1, 0.15) is 22.5 Å². The lowest BCUT2D eigenvalue weighted by atomic mass is 10.1. The number of nitrogens with one attached hydrogen (secondary N) is 1. The molecule has 5 nitrogen and oxygen atoms in total. The van der Waals surface area contributed by atoms with Gasteiger partial charge in [0.2, 0.25) is 0 Å². The van der Waals surface area contributed by atoms with Crippen LogP contribution in [0.5, 0.6) is 5.75 Å². The predicted molar refractivity (Wildman–Crippen MR) is 94.3 cm³/mol. The summed E-state index contributed by atoms with van der Waals surface area (Å²) in [6.07, 6.45) is 2.59. The van der Waals surface area contributed by atoms with Crippen molar-refractivity contribution >= 4 is 23.6 Å². The minimum absolute atomic E-state index is 0.111. The van der Waals surface area contributed by atoms with E-state index < -0.39 is 0 Å². The van der Waals surface area contributed by atoms with Crippen LogP contribution in [-0.4, -0.2) is 28.8 Å². The SMILES string of the molecule is Cc1nn(C)c(C)c1CCNC(=O)C1=Cc2cc(Cl)ccc2OC1. The number of fused-ring (bicyclic) bond motifs is 1. The van der Waals surface area contributed by atoms with Gasteiger partial charge in [0.15, 0.2) is 0 Å². The number of amides is 1. The Morgan fingerprint density at radius 2 is 2.21 bits per heavy atom. The maximum absolute atomic E-state index is 12.3. The average Bonchev–Trinajstić information content (AvgIpc) is 2.80. The molecular formula is C18H20ClN3O2. The van der Waals surface area contributed by atoms with Crippen molar-refractivity contribution in [2.75, 3.05) is 13.2 Å². The Kier molecular flexibility index (Phi) is 4.62. The second-order valence-corrected chi connectivity index (χ2v) is 6.36. The second kappa shape index (κ2) is 6.69. The third kappa shape index (κ3) is 3.31. The molecule has 0 radical (unpaired) electrons. The minimum atomic E-state index is -0.111. The highest BCUT2D eigenvalue weighted by Crippen LogP contribution is 2.28. The molecule has 1 aromatic heterocycles. The van der Waals surface area contributed by atoms with E-state index in [4.69, 9.17) is 16.3 Å². The molecule has 0 aliphatic carbocycles. The van der Waals surface area contributed by atoms with Gasteiger partial charge in [0.25, 0.3) is 5.91 Å². The normalized spacial score (nSPS) is 13.1. The first kappa shape index (κ1) is 16.6. The number of aromatic nitrogens is 2. The second-order valence-electron chi connectivity index (χ2n) is 5.92. The third-order valence-electron chi connectivity index (χ3n) is 4.30. The van der Waals surface area contributed by atoms with E-state index in [1.165, 1.54) is 5.56 Å². The molecule has 1 aliphatic heterocycles. The predicted octanol–water partition coefficient (Wildman–Crippen LogP) is 2.83. The van der Waals surface area contributed by atoms with Gasteiger partial charge in [-0.05, 0) is 50.1 Å². The van der Waals surface area contributed by atoms with Gasteiger partial charge in [-0.15, -0.1) is 0 Å². The zero-order valence-electron chi connectivity index (χ0n) is 14.0. The van der Waals surface area contributed by atoms with E-state index in [0.717, 1.165) is 29.1 Å². The molecule has 0 bridgehead atoms. The molecule has 0 spiro atoms. The summed E-state index contributed by atoms with van der Waals surface area (Å²) in [5.74, 6) is 0.636. The summed E-state index contributed by atoms with van der Waals surface area (Å²) in [4.78, 5) is 12.3. The molecule has 1 N–H and O–H groups in total. The topological polar surface area (TPSA) is 56.2 Å². The lowest BCUT2D eigenvalue weighted by molar-refractivity contribution is -0.117. The van der Waals surface area contributed by atoms with E-state index in [1.807, 2.05) is 37.7 Å². The molecule has 2 heterocycles. The Labute approximate surface area is 146 Å². The maximum Gasteiger partial charge on any atom is 0.250 e. The van der Waals surface area contributed by atoms with Crippen molar-refractivity contribution in [3.05, 3.63) is 51.3 Å². The van der Waals surface area contributed by atoms with Crippen LogP contribution in [0.15, 0.2) is 23.8 Å². The number of hydrogen-bond acceptors (Lipinski definition) is 3. The van der Waals surface area contributed by atoms with Crippen molar-refractivity contribution in [2.45, 2.75) is 20.3 Å². The average molecular weight is 346 g/mol. The van der Waals surface area contributed by atoms with E-state index in [2.05, 4.69) is 10.4 Å². The Balaban J connectivity index is 1.63. The van der Waals surface area contributed by atoms with Gasteiger partial charge >= 0.3 is 0 Å². The van der Waals surface area contributed by atoms with Gasteiger partial charge in [-0.3, -0.25) is 9.48 Å². The van der Waals surface area contributed by atoms with Gasteiger partial charge in [-0.2, -0.15) is 5.10 Å². The molecule has 6 heteroatoms. The first-order chi connectivity index (χ1) is 11.5. The van der Waals surface area contributed by atoms with Gasteiger partial charge in [0, 0.05) is 29.9 Å². The molecule has 0 fully saturated rings. The van der Waals surface area contributed by atoms with Crippen LogP contribution in [-0.2, 0) is 18.3 Å². The first-order valence-electron chi connectivity index (χ1n) is 7.86. The zero-order valence-corrected chi connectivity index (χ0v) is 14.8. The van der Waals surface area contributed by atoms with E-state index in [0.29, 0.717) is 17.1 Å². The van der Waals surface area contributed by atoms with Gasteiger partial charge in [0.05, 0.1) is 11.3 Å². The molecule has 2 aromatic rings. The minimum Gasteiger partial charge on any atom is -0.488 e. The zero-order chi connectivity index (χ0) is 17.3. The Morgan fingerprint density at radius 3 is 2.92 bits per heavy atom. The van der Waals surface area contributed by atoms with Crippen molar-refractivity contribution in [1.29, 1.82) is 0 Å². The molecule has 126 valence electrons. The van der Waals surface area contributed by atoms with E-state index >= 15 is 0 Å². The van der Waals surface area contributed by atoms with Crippen molar-refractivity contribution in [2.24, 2.45) is 7.05 Å². The molecule has 1 amide bonds. The smallest absolute Gasteiger partial charge is 0.250 e. The van der Waals surface area contributed by atoms with Gasteiger partial charge < -0.3 is 10.1 Å². The number of ether oxygens (including phenoxy) is 1. The molecule has 24 heavy (non-hydrogen) atoms. The highest BCUT2D eigenvalue weighted by atomic mass is 35.5. The molecule has 0 atom stereocenters. The Hall–Kier alpha value is -2.27. The van der Waals surface area contributed by atoms with Crippen LogP contribution in [0.3, 0.4) is 0 Å². The Morgan fingerprint density at radius 1 is 1.42 bits per heavy atom. The monoisotopic (exact) mass is 345 g/mol. The van der Waals surface area contributed by atoms with Crippen molar-refractivity contribution < 1.29 is 9.53 Å². The number of benzene rings is 1. The summed E-state index contributed by atoms with van der Waals surface area (Å²) >= 11 is 5.99. The summed E-state index contributed by atoms with van der Waals surface area (Å²) in [5, 5.41) is 7.97.